The van der Waals surface area contributed by atoms with Crippen LogP contribution in [0, 0.1) is 0 Å². The van der Waals surface area contributed by atoms with Crippen molar-refractivity contribution < 1.29 is 24.0 Å². The van der Waals surface area contributed by atoms with Gasteiger partial charge in [0.15, 0.2) is 11.7 Å². The fraction of sp³-hybridized carbons (Fsp3) is 0.312. The van der Waals surface area contributed by atoms with Crippen LogP contribution in [0.15, 0.2) is 33.3 Å². The molecule has 1 aliphatic carbocycles. The number of aliphatic carboxylic acids is 1. The summed E-state index contributed by atoms with van der Waals surface area (Å²) in [5.41, 5.74) is 0.491. The third-order valence-corrected chi connectivity index (χ3v) is 4.39. The summed E-state index contributed by atoms with van der Waals surface area (Å²) < 4.78 is 10.8. The molecule has 1 fully saturated rings. The van der Waals surface area contributed by atoms with Gasteiger partial charge in [-0.05, 0) is 46.5 Å². The van der Waals surface area contributed by atoms with E-state index in [0.717, 1.165) is 12.8 Å². The summed E-state index contributed by atoms with van der Waals surface area (Å²) in [7, 11) is 1.51. The first kappa shape index (κ1) is 16.5. The summed E-state index contributed by atoms with van der Waals surface area (Å²) >= 11 is 3.30. The molecule has 24 heavy (non-hydrogen) atoms. The molecule has 126 valence electrons. The van der Waals surface area contributed by atoms with E-state index in [1.54, 1.807) is 24.3 Å². The van der Waals surface area contributed by atoms with E-state index in [2.05, 4.69) is 26.4 Å². The highest BCUT2D eigenvalue weighted by atomic mass is 79.9. The number of rotatable bonds is 6. The van der Waals surface area contributed by atoms with Crippen LogP contribution in [0.2, 0.25) is 0 Å². The van der Waals surface area contributed by atoms with Gasteiger partial charge in [0.1, 0.15) is 11.5 Å². The number of amides is 1. The average molecular weight is 395 g/mol. The fourth-order valence-corrected chi connectivity index (χ4v) is 2.87. The summed E-state index contributed by atoms with van der Waals surface area (Å²) in [5.74, 6) is -0.206. The Morgan fingerprint density at radius 1 is 1.42 bits per heavy atom. The normalized spacial score (nSPS) is 14.9. The van der Waals surface area contributed by atoms with E-state index in [4.69, 9.17) is 9.26 Å². The first-order valence-corrected chi connectivity index (χ1v) is 8.12. The van der Waals surface area contributed by atoms with Gasteiger partial charge < -0.3 is 19.7 Å². The highest BCUT2D eigenvalue weighted by Gasteiger charge is 2.30. The van der Waals surface area contributed by atoms with E-state index in [9.17, 15) is 14.7 Å². The Labute approximate surface area is 146 Å². The molecular weight excluding hydrogens is 380 g/mol. The average Bonchev–Trinajstić information content (AvgIpc) is 3.29. The summed E-state index contributed by atoms with van der Waals surface area (Å²) in [6.07, 6.45) is 2.04. The molecule has 1 aromatic heterocycles. The van der Waals surface area contributed by atoms with E-state index >= 15 is 0 Å². The molecule has 3 rings (SSSR count). The molecular formula is C16H15BrN2O5. The van der Waals surface area contributed by atoms with Crippen LogP contribution in [0.3, 0.4) is 0 Å². The first-order valence-electron chi connectivity index (χ1n) is 7.33. The number of carbonyl (C=O) groups excluding carboxylic acids is 1. The highest BCUT2D eigenvalue weighted by Crippen LogP contribution is 2.40. The number of nitrogens with zero attached hydrogens (tertiary/aromatic N) is 1. The lowest BCUT2D eigenvalue weighted by atomic mass is 10.1. The van der Waals surface area contributed by atoms with Crippen LogP contribution >= 0.6 is 15.9 Å². The van der Waals surface area contributed by atoms with Gasteiger partial charge >= 0.3 is 5.97 Å². The van der Waals surface area contributed by atoms with Crippen molar-refractivity contribution in [1.29, 1.82) is 0 Å². The van der Waals surface area contributed by atoms with Crippen molar-refractivity contribution >= 4 is 27.8 Å². The van der Waals surface area contributed by atoms with Crippen molar-refractivity contribution in [3.8, 4) is 5.75 Å². The second kappa shape index (κ2) is 6.64. The van der Waals surface area contributed by atoms with Gasteiger partial charge in [-0.2, -0.15) is 0 Å². The molecule has 1 aliphatic rings. The van der Waals surface area contributed by atoms with Crippen molar-refractivity contribution in [1.82, 2.24) is 10.5 Å². The van der Waals surface area contributed by atoms with Crippen LogP contribution in [-0.4, -0.2) is 29.2 Å². The predicted octanol–water partition coefficient (Wildman–Crippen LogP) is 2.88. The number of hydrogen-bond donors (Lipinski definition) is 2. The van der Waals surface area contributed by atoms with Crippen LogP contribution in [-0.2, 0) is 4.79 Å². The van der Waals surface area contributed by atoms with E-state index in [0.29, 0.717) is 27.5 Å². The Balaban J connectivity index is 1.79. The molecule has 0 bridgehead atoms. The standard InChI is InChI=1S/C16H15BrN2O5/c1-23-12-5-4-9(6-10(12)17)14(16(21)22)18-15(20)11-7-13(24-19-11)8-2-3-8/h4-8,14H,2-3H2,1H3,(H,18,20)(H,21,22). The van der Waals surface area contributed by atoms with Gasteiger partial charge in [-0.1, -0.05) is 11.2 Å². The van der Waals surface area contributed by atoms with Crippen molar-refractivity contribution in [2.24, 2.45) is 0 Å². The highest BCUT2D eigenvalue weighted by molar-refractivity contribution is 9.10. The molecule has 8 heteroatoms. The van der Waals surface area contributed by atoms with Gasteiger partial charge in [0, 0.05) is 12.0 Å². The van der Waals surface area contributed by atoms with E-state index in [1.807, 2.05) is 0 Å². The van der Waals surface area contributed by atoms with Crippen LogP contribution < -0.4 is 10.1 Å². The number of carbonyl (C=O) groups is 2. The third kappa shape index (κ3) is 3.43. The number of hydrogen-bond acceptors (Lipinski definition) is 5. The minimum atomic E-state index is -1.21. The Kier molecular flexibility index (Phi) is 4.57. The van der Waals surface area contributed by atoms with Gasteiger partial charge in [-0.15, -0.1) is 0 Å². The zero-order chi connectivity index (χ0) is 17.3. The fourth-order valence-electron chi connectivity index (χ4n) is 2.31. The zero-order valence-corrected chi connectivity index (χ0v) is 14.4. The molecule has 1 unspecified atom stereocenters. The molecule has 1 amide bonds. The summed E-state index contributed by atoms with van der Waals surface area (Å²) in [5, 5.41) is 15.6. The number of carboxylic acids is 1. The lowest BCUT2D eigenvalue weighted by molar-refractivity contribution is -0.139. The molecule has 0 radical (unpaired) electrons. The summed E-state index contributed by atoms with van der Waals surface area (Å²) in [6.45, 7) is 0. The minimum absolute atomic E-state index is 0.0794. The SMILES string of the molecule is COc1ccc(C(NC(=O)c2cc(C3CC3)on2)C(=O)O)cc1Br. The number of ether oxygens (including phenoxy) is 1. The number of nitrogens with one attached hydrogen (secondary N) is 1. The van der Waals surface area contributed by atoms with Crippen molar-refractivity contribution in [3.05, 3.63) is 45.8 Å². The molecule has 7 nitrogen and oxygen atoms in total. The molecule has 1 heterocycles. The van der Waals surface area contributed by atoms with Gasteiger partial charge in [-0.3, -0.25) is 4.79 Å². The molecule has 1 aromatic carbocycles. The van der Waals surface area contributed by atoms with Crippen molar-refractivity contribution in [3.63, 3.8) is 0 Å². The number of halogens is 1. The van der Waals surface area contributed by atoms with E-state index in [1.165, 1.54) is 7.11 Å². The number of carboxylic acid groups (broad SMARTS) is 1. The maximum atomic E-state index is 12.3. The molecule has 1 atom stereocenters. The van der Waals surface area contributed by atoms with Crippen LogP contribution in [0.5, 0.6) is 5.75 Å². The number of benzene rings is 1. The van der Waals surface area contributed by atoms with Gasteiger partial charge in [0.25, 0.3) is 5.91 Å². The van der Waals surface area contributed by atoms with Crippen LogP contribution in [0.25, 0.3) is 0 Å². The summed E-state index contributed by atoms with van der Waals surface area (Å²) in [6, 6.07) is 5.16. The van der Waals surface area contributed by atoms with Crippen molar-refractivity contribution in [2.45, 2.75) is 24.8 Å². The second-order valence-electron chi connectivity index (χ2n) is 5.53. The monoisotopic (exact) mass is 394 g/mol. The molecule has 2 N–H and O–H groups in total. The van der Waals surface area contributed by atoms with Gasteiger partial charge in [-0.25, -0.2) is 4.79 Å². The zero-order valence-electron chi connectivity index (χ0n) is 12.8. The number of methoxy groups -OCH3 is 1. The van der Waals surface area contributed by atoms with Crippen LogP contribution in [0.4, 0.5) is 0 Å². The van der Waals surface area contributed by atoms with E-state index < -0.39 is 17.9 Å². The Morgan fingerprint density at radius 3 is 2.75 bits per heavy atom. The largest absolute Gasteiger partial charge is 0.496 e. The van der Waals surface area contributed by atoms with Crippen LogP contribution in [0.1, 0.15) is 46.6 Å². The first-order chi connectivity index (χ1) is 11.5. The quantitative estimate of drug-likeness (QED) is 0.780. The number of aromatic nitrogens is 1. The molecule has 0 saturated heterocycles. The Morgan fingerprint density at radius 2 is 2.17 bits per heavy atom. The lowest BCUT2D eigenvalue weighted by Crippen LogP contribution is -2.33. The molecule has 0 aliphatic heterocycles. The van der Waals surface area contributed by atoms with E-state index in [-0.39, 0.29) is 5.69 Å². The lowest BCUT2D eigenvalue weighted by Gasteiger charge is -2.15. The molecule has 1 saturated carbocycles. The maximum Gasteiger partial charge on any atom is 0.330 e. The maximum absolute atomic E-state index is 12.3. The Bertz CT molecular complexity index is 785. The van der Waals surface area contributed by atoms with Gasteiger partial charge in [0.05, 0.1) is 11.6 Å². The topological polar surface area (TPSA) is 102 Å². The smallest absolute Gasteiger partial charge is 0.330 e. The van der Waals surface area contributed by atoms with Crippen molar-refractivity contribution in [2.75, 3.05) is 7.11 Å². The van der Waals surface area contributed by atoms with Gasteiger partial charge in [0.2, 0.25) is 0 Å². The molecule has 0 spiro atoms. The second-order valence-corrected chi connectivity index (χ2v) is 6.38. The summed E-state index contributed by atoms with van der Waals surface area (Å²) in [4.78, 5) is 23.8. The molecule has 2 aromatic rings. The predicted molar refractivity (Wildman–Crippen MR) is 87.0 cm³/mol. The Hall–Kier alpha value is -2.35. The third-order valence-electron chi connectivity index (χ3n) is 3.77. The minimum Gasteiger partial charge on any atom is -0.496 e.